The maximum Gasteiger partial charge on any atom is 0.175 e. The maximum absolute atomic E-state index is 16.2. The third kappa shape index (κ3) is 3.41. The number of nitrogens with one attached hydrogen (secondary N) is 1. The van der Waals surface area contributed by atoms with Gasteiger partial charge in [0.1, 0.15) is 6.33 Å². The molecule has 0 amide bonds. The number of nitrogens with zero attached hydrogens (tertiary/aromatic N) is 7. The van der Waals surface area contributed by atoms with Crippen LogP contribution in [-0.2, 0) is 0 Å². The Morgan fingerprint density at radius 3 is 2.74 bits per heavy atom. The molecule has 1 atom stereocenters. The number of anilines is 1. The Balaban J connectivity index is 1.66. The van der Waals surface area contributed by atoms with Crippen LogP contribution in [0.15, 0.2) is 18.7 Å². The highest BCUT2D eigenvalue weighted by atomic mass is 19.1. The van der Waals surface area contributed by atoms with E-state index in [1.807, 2.05) is 18.0 Å². The molecule has 5 rings (SSSR count). The Labute approximate surface area is 198 Å². The van der Waals surface area contributed by atoms with Gasteiger partial charge in [-0.3, -0.25) is 4.90 Å². The van der Waals surface area contributed by atoms with E-state index in [1.54, 1.807) is 17.0 Å². The number of pyridine rings is 2. The van der Waals surface area contributed by atoms with Crippen LogP contribution in [0.25, 0.3) is 27.8 Å². The third-order valence-corrected chi connectivity index (χ3v) is 7.05. The zero-order chi connectivity index (χ0) is 24.1. The Morgan fingerprint density at radius 1 is 1.24 bits per heavy atom. The zero-order valence-electron chi connectivity index (χ0n) is 20.2. The van der Waals surface area contributed by atoms with Crippen molar-refractivity contribution < 1.29 is 4.39 Å². The van der Waals surface area contributed by atoms with E-state index in [0.717, 1.165) is 33.6 Å². The average molecular weight is 461 g/mol. The lowest BCUT2D eigenvalue weighted by Gasteiger charge is -2.39. The van der Waals surface area contributed by atoms with Gasteiger partial charge in [0.25, 0.3) is 0 Å². The predicted octanol–water partition coefficient (Wildman–Crippen LogP) is 4.19. The lowest BCUT2D eigenvalue weighted by atomic mass is 9.94. The number of fused-ring (bicyclic) bond motifs is 2. The molecule has 8 nitrogen and oxygen atoms in total. The Hall–Kier alpha value is -3.51. The molecular weight excluding hydrogens is 431 g/mol. The Kier molecular flexibility index (Phi) is 5.48. The number of hydrogen-bond acceptors (Lipinski definition) is 6. The molecule has 9 heteroatoms. The fourth-order valence-electron chi connectivity index (χ4n) is 5.20. The van der Waals surface area contributed by atoms with Crippen molar-refractivity contribution >= 4 is 22.4 Å². The summed E-state index contributed by atoms with van der Waals surface area (Å²) in [7, 11) is 0. The highest BCUT2D eigenvalue weighted by Crippen LogP contribution is 2.40. The van der Waals surface area contributed by atoms with Gasteiger partial charge >= 0.3 is 0 Å². The Morgan fingerprint density at radius 2 is 2.03 bits per heavy atom. The lowest BCUT2D eigenvalue weighted by Crippen LogP contribution is -2.52. The second kappa shape index (κ2) is 8.37. The van der Waals surface area contributed by atoms with Crippen LogP contribution in [0.1, 0.15) is 43.4 Å². The molecule has 0 spiro atoms. The SMILES string of the molecule is Cc1c(-c2[nH]c3cnc(N4CCN(CC#N)C[C@H]4C)c(F)c3c2C(C)C)cn2ncnc2c1C. The predicted molar refractivity (Wildman–Crippen MR) is 130 cm³/mol. The molecule has 4 aromatic heterocycles. The number of halogens is 1. The first-order chi connectivity index (χ1) is 16.3. The van der Waals surface area contributed by atoms with Crippen LogP contribution in [0, 0.1) is 31.0 Å². The van der Waals surface area contributed by atoms with Gasteiger partial charge in [0.2, 0.25) is 0 Å². The zero-order valence-corrected chi connectivity index (χ0v) is 20.2. The van der Waals surface area contributed by atoms with Gasteiger partial charge in [0.05, 0.1) is 30.0 Å². The van der Waals surface area contributed by atoms with Crippen LogP contribution < -0.4 is 4.90 Å². The average Bonchev–Trinajstić information content (AvgIpc) is 3.42. The summed E-state index contributed by atoms with van der Waals surface area (Å²) in [4.78, 5) is 16.5. The number of aryl methyl sites for hydroxylation is 1. The minimum atomic E-state index is -0.291. The van der Waals surface area contributed by atoms with E-state index >= 15 is 4.39 Å². The molecule has 0 bridgehead atoms. The van der Waals surface area contributed by atoms with Crippen LogP contribution in [0.2, 0.25) is 0 Å². The minimum Gasteiger partial charge on any atom is -0.353 e. The molecule has 0 radical (unpaired) electrons. The monoisotopic (exact) mass is 460 g/mol. The van der Waals surface area contributed by atoms with E-state index in [1.165, 1.54) is 0 Å². The second-order valence-electron chi connectivity index (χ2n) is 9.51. The van der Waals surface area contributed by atoms with Crippen LogP contribution >= 0.6 is 0 Å². The summed E-state index contributed by atoms with van der Waals surface area (Å²) in [6.07, 6.45) is 5.26. The van der Waals surface area contributed by atoms with Gasteiger partial charge in [-0.1, -0.05) is 13.8 Å². The number of hydrogen-bond donors (Lipinski definition) is 1. The second-order valence-corrected chi connectivity index (χ2v) is 9.51. The van der Waals surface area contributed by atoms with E-state index in [2.05, 4.69) is 58.7 Å². The smallest absolute Gasteiger partial charge is 0.175 e. The van der Waals surface area contributed by atoms with Crippen molar-refractivity contribution in [3.63, 3.8) is 0 Å². The molecule has 1 aliphatic rings. The summed E-state index contributed by atoms with van der Waals surface area (Å²) in [5, 5.41) is 13.9. The number of H-pyrrole nitrogens is 1. The van der Waals surface area contributed by atoms with Crippen molar-refractivity contribution in [3.05, 3.63) is 41.2 Å². The van der Waals surface area contributed by atoms with Crippen molar-refractivity contribution in [1.82, 2.24) is 29.5 Å². The molecule has 0 saturated carbocycles. The fraction of sp³-hybridized carbons (Fsp3) is 0.440. The first-order valence-corrected chi connectivity index (χ1v) is 11.7. The largest absolute Gasteiger partial charge is 0.353 e. The minimum absolute atomic E-state index is 0.0575. The molecule has 0 aliphatic carbocycles. The van der Waals surface area contributed by atoms with Crippen molar-refractivity contribution in [2.75, 3.05) is 31.1 Å². The van der Waals surface area contributed by atoms with E-state index in [4.69, 9.17) is 5.26 Å². The van der Waals surface area contributed by atoms with Gasteiger partial charge < -0.3 is 9.88 Å². The molecule has 5 heterocycles. The summed E-state index contributed by atoms with van der Waals surface area (Å²) in [5.74, 6) is 0.175. The molecule has 0 unspecified atom stereocenters. The van der Waals surface area contributed by atoms with Crippen LogP contribution in [0.4, 0.5) is 10.2 Å². The van der Waals surface area contributed by atoms with E-state index in [9.17, 15) is 0 Å². The summed E-state index contributed by atoms with van der Waals surface area (Å²) in [6, 6.07) is 2.27. The molecule has 1 fully saturated rings. The number of nitriles is 1. The number of rotatable bonds is 4. The lowest BCUT2D eigenvalue weighted by molar-refractivity contribution is 0.251. The van der Waals surface area contributed by atoms with Crippen LogP contribution in [0.5, 0.6) is 0 Å². The third-order valence-electron chi connectivity index (χ3n) is 7.05. The van der Waals surface area contributed by atoms with Gasteiger partial charge in [-0.25, -0.2) is 18.9 Å². The van der Waals surface area contributed by atoms with Crippen LogP contribution in [0.3, 0.4) is 0 Å². The maximum atomic E-state index is 16.2. The van der Waals surface area contributed by atoms with Gasteiger partial charge in [-0.2, -0.15) is 10.4 Å². The number of aromatic nitrogens is 5. The normalized spacial score (nSPS) is 17.2. The van der Waals surface area contributed by atoms with E-state index in [0.29, 0.717) is 42.9 Å². The quantitative estimate of drug-likeness (QED) is 0.460. The van der Waals surface area contributed by atoms with E-state index < -0.39 is 0 Å². The molecule has 1 N–H and O–H groups in total. The van der Waals surface area contributed by atoms with Gasteiger partial charge in [-0.15, -0.1) is 0 Å². The fourth-order valence-corrected chi connectivity index (χ4v) is 5.20. The van der Waals surface area contributed by atoms with Crippen molar-refractivity contribution in [1.29, 1.82) is 5.26 Å². The Bertz CT molecular complexity index is 1430. The summed E-state index contributed by atoms with van der Waals surface area (Å²) in [5.41, 5.74) is 6.46. The van der Waals surface area contributed by atoms with Crippen molar-refractivity contribution in [3.8, 4) is 17.3 Å². The summed E-state index contributed by atoms with van der Waals surface area (Å²) in [6.45, 7) is 12.8. The van der Waals surface area contributed by atoms with E-state index in [-0.39, 0.29) is 17.8 Å². The number of piperazine rings is 1. The first kappa shape index (κ1) is 22.3. The molecular formula is C25H29FN8. The molecule has 1 aliphatic heterocycles. The summed E-state index contributed by atoms with van der Waals surface area (Å²) >= 11 is 0. The molecule has 4 aromatic rings. The van der Waals surface area contributed by atoms with Gasteiger partial charge in [-0.05, 0) is 43.4 Å². The molecule has 1 saturated heterocycles. The summed E-state index contributed by atoms with van der Waals surface area (Å²) < 4.78 is 18.0. The highest BCUT2D eigenvalue weighted by molar-refractivity contribution is 5.94. The molecule has 176 valence electrons. The number of aromatic amines is 1. The molecule has 0 aromatic carbocycles. The van der Waals surface area contributed by atoms with Crippen molar-refractivity contribution in [2.45, 2.75) is 46.6 Å². The highest BCUT2D eigenvalue weighted by Gasteiger charge is 2.30. The van der Waals surface area contributed by atoms with Gasteiger partial charge in [0.15, 0.2) is 17.3 Å². The standard InChI is InChI=1S/C25H29FN8/c1-14(2)20-21-19(31-23(20)18-12-34-24(29-13-30-34)17(5)16(18)4)10-28-25(22(21)26)33-9-8-32(7-6-27)11-15(33)3/h10,12-15,31H,7-9,11H2,1-5H3/t15-/m1/s1. The first-order valence-electron chi connectivity index (χ1n) is 11.7. The van der Waals surface area contributed by atoms with Gasteiger partial charge in [0, 0.05) is 42.8 Å². The topological polar surface area (TPSA) is 89.1 Å². The van der Waals surface area contributed by atoms with Crippen molar-refractivity contribution in [2.24, 2.45) is 0 Å². The van der Waals surface area contributed by atoms with Crippen LogP contribution in [-0.4, -0.2) is 61.7 Å². The molecule has 34 heavy (non-hydrogen) atoms.